The number of benzene rings is 8. The third-order valence-electron chi connectivity index (χ3n) is 11.1. The Bertz CT molecular complexity index is 3400. The van der Waals surface area contributed by atoms with E-state index in [2.05, 4.69) is 175 Å². The number of hydrogen-bond donors (Lipinski definition) is 0. The van der Waals surface area contributed by atoms with Crippen molar-refractivity contribution >= 4 is 76.8 Å². The second kappa shape index (κ2) is 11.8. The standard InChI is InChI=1S/C50H29N5/c1-51-33-24-28-47(54-44-18-8-3-12-36(44)37-13-4-9-19-45(37)54)41(30-33)32-22-26-35(27-23-32)53-43-17-7-5-14-38(43)40-16-11-21-49(50(40)53)55-46-20-10-6-15-39(46)42-31-34(52-2)25-29-48(42)55/h3-31H. The first-order chi connectivity index (χ1) is 27.2. The molecule has 5 nitrogen and oxygen atoms in total. The lowest BCUT2D eigenvalue weighted by molar-refractivity contribution is 1.13. The monoisotopic (exact) mass is 699 g/mol. The Morgan fingerprint density at radius 1 is 0.345 bits per heavy atom. The molecule has 0 aliphatic rings. The van der Waals surface area contributed by atoms with Gasteiger partial charge in [-0.15, -0.1) is 0 Å². The van der Waals surface area contributed by atoms with Crippen molar-refractivity contribution < 1.29 is 0 Å². The highest BCUT2D eigenvalue weighted by molar-refractivity contribution is 6.15. The lowest BCUT2D eigenvalue weighted by Gasteiger charge is -2.17. The highest BCUT2D eigenvalue weighted by Crippen LogP contribution is 2.42. The van der Waals surface area contributed by atoms with Crippen molar-refractivity contribution in [2.45, 2.75) is 0 Å². The predicted octanol–water partition coefficient (Wildman–Crippen LogP) is 13.7. The van der Waals surface area contributed by atoms with E-state index in [4.69, 9.17) is 13.1 Å². The topological polar surface area (TPSA) is 23.5 Å². The van der Waals surface area contributed by atoms with Crippen LogP contribution in [0.3, 0.4) is 0 Å². The fourth-order valence-electron chi connectivity index (χ4n) is 8.73. The van der Waals surface area contributed by atoms with Crippen LogP contribution in [0.15, 0.2) is 176 Å². The Morgan fingerprint density at radius 3 is 1.44 bits per heavy atom. The second-order valence-corrected chi connectivity index (χ2v) is 13.9. The molecule has 0 amide bonds. The summed E-state index contributed by atoms with van der Waals surface area (Å²) in [6, 6.07) is 61.5. The minimum absolute atomic E-state index is 0.602. The molecule has 0 saturated carbocycles. The van der Waals surface area contributed by atoms with Gasteiger partial charge in [0.25, 0.3) is 0 Å². The van der Waals surface area contributed by atoms with E-state index in [1.54, 1.807) is 0 Å². The number of rotatable bonds is 4. The van der Waals surface area contributed by atoms with E-state index >= 15 is 0 Å². The van der Waals surface area contributed by atoms with Gasteiger partial charge in [0.1, 0.15) is 0 Å². The van der Waals surface area contributed by atoms with Crippen LogP contribution in [0.4, 0.5) is 11.4 Å². The molecule has 254 valence electrons. The third kappa shape index (κ3) is 4.45. The summed E-state index contributed by atoms with van der Waals surface area (Å²) in [5.41, 5.74) is 13.0. The van der Waals surface area contributed by atoms with Crippen LogP contribution in [0, 0.1) is 13.1 Å². The molecule has 55 heavy (non-hydrogen) atoms. The van der Waals surface area contributed by atoms with E-state index in [1.165, 1.54) is 21.5 Å². The van der Waals surface area contributed by atoms with Crippen molar-refractivity contribution in [2.75, 3.05) is 0 Å². The van der Waals surface area contributed by atoms with Gasteiger partial charge in [0.2, 0.25) is 0 Å². The zero-order valence-corrected chi connectivity index (χ0v) is 29.5. The fraction of sp³-hybridized carbons (Fsp3) is 0. The van der Waals surface area contributed by atoms with Crippen molar-refractivity contribution in [3.8, 4) is 28.2 Å². The van der Waals surface area contributed by atoms with Crippen LogP contribution < -0.4 is 0 Å². The third-order valence-corrected chi connectivity index (χ3v) is 11.1. The van der Waals surface area contributed by atoms with E-state index in [0.29, 0.717) is 11.4 Å². The fourth-order valence-corrected chi connectivity index (χ4v) is 8.73. The molecule has 3 heterocycles. The van der Waals surface area contributed by atoms with E-state index in [1.807, 2.05) is 24.3 Å². The van der Waals surface area contributed by atoms with Crippen molar-refractivity contribution in [1.82, 2.24) is 13.7 Å². The average molecular weight is 700 g/mol. The van der Waals surface area contributed by atoms with Crippen LogP contribution in [0.1, 0.15) is 0 Å². The highest BCUT2D eigenvalue weighted by Gasteiger charge is 2.21. The maximum atomic E-state index is 7.89. The van der Waals surface area contributed by atoms with Crippen LogP contribution in [-0.2, 0) is 0 Å². The SMILES string of the molecule is [C-]#[N+]c1ccc(-n2c3ccccc3c3ccccc32)c(-c2ccc(-n3c4ccccc4c4cccc(-n5c6ccccc6c6cc([N+]#[C-])ccc65)c43)cc2)c1. The smallest absolute Gasteiger partial charge is 0.188 e. The number of hydrogen-bond acceptors (Lipinski definition) is 0. The van der Waals surface area contributed by atoms with E-state index in [9.17, 15) is 0 Å². The van der Waals surface area contributed by atoms with Gasteiger partial charge in [-0.1, -0.05) is 109 Å². The molecule has 0 aliphatic heterocycles. The van der Waals surface area contributed by atoms with Crippen molar-refractivity contribution in [3.63, 3.8) is 0 Å². The normalized spacial score (nSPS) is 11.6. The van der Waals surface area contributed by atoms with E-state index in [0.717, 1.165) is 72.1 Å². The molecule has 0 saturated heterocycles. The Balaban J connectivity index is 1.15. The first-order valence-electron chi connectivity index (χ1n) is 18.3. The molecule has 0 radical (unpaired) electrons. The van der Waals surface area contributed by atoms with Crippen molar-refractivity contribution in [2.24, 2.45) is 0 Å². The van der Waals surface area contributed by atoms with Gasteiger partial charge >= 0.3 is 0 Å². The molecular formula is C50H29N5. The van der Waals surface area contributed by atoms with Gasteiger partial charge in [-0.05, 0) is 83.2 Å². The molecular weight excluding hydrogens is 671 g/mol. The molecule has 0 atom stereocenters. The Labute approximate surface area is 316 Å². The first-order valence-corrected chi connectivity index (χ1v) is 18.3. The maximum Gasteiger partial charge on any atom is 0.188 e. The average Bonchev–Trinajstić information content (AvgIpc) is 3.89. The molecule has 5 heteroatoms. The van der Waals surface area contributed by atoms with Gasteiger partial charge in [-0.3, -0.25) is 0 Å². The van der Waals surface area contributed by atoms with Gasteiger partial charge in [0.15, 0.2) is 11.4 Å². The number of para-hydroxylation sites is 5. The Kier molecular flexibility index (Phi) is 6.61. The summed E-state index contributed by atoms with van der Waals surface area (Å²) in [5.74, 6) is 0. The van der Waals surface area contributed by atoms with Gasteiger partial charge in [0.05, 0.1) is 57.6 Å². The Hall–Kier alpha value is -7.86. The summed E-state index contributed by atoms with van der Waals surface area (Å²) >= 11 is 0. The highest BCUT2D eigenvalue weighted by atomic mass is 15.1. The molecule has 0 bridgehead atoms. The van der Waals surface area contributed by atoms with E-state index in [-0.39, 0.29) is 0 Å². The summed E-state index contributed by atoms with van der Waals surface area (Å²) in [5, 5.41) is 6.93. The van der Waals surface area contributed by atoms with Crippen LogP contribution in [0.2, 0.25) is 0 Å². The number of nitrogens with zero attached hydrogens (tertiary/aromatic N) is 5. The summed E-state index contributed by atoms with van der Waals surface area (Å²) in [7, 11) is 0. The molecule has 3 aromatic heterocycles. The van der Waals surface area contributed by atoms with Crippen molar-refractivity contribution in [3.05, 3.63) is 199 Å². The largest absolute Gasteiger partial charge is 0.309 e. The molecule has 0 fully saturated rings. The van der Waals surface area contributed by atoms with Gasteiger partial charge in [-0.2, -0.15) is 0 Å². The quantitative estimate of drug-likeness (QED) is 0.163. The molecule has 11 aromatic rings. The number of fused-ring (bicyclic) bond motifs is 9. The molecule has 0 unspecified atom stereocenters. The zero-order valence-electron chi connectivity index (χ0n) is 29.5. The van der Waals surface area contributed by atoms with Crippen molar-refractivity contribution in [1.29, 1.82) is 0 Å². The molecule has 8 aromatic carbocycles. The molecule has 0 aliphatic carbocycles. The number of aromatic nitrogens is 3. The summed E-state index contributed by atoms with van der Waals surface area (Å²) in [4.78, 5) is 7.58. The van der Waals surface area contributed by atoms with Gasteiger partial charge in [-0.25, -0.2) is 9.69 Å². The molecule has 11 rings (SSSR count). The van der Waals surface area contributed by atoms with Gasteiger partial charge in [0, 0.05) is 32.6 Å². The predicted molar refractivity (Wildman–Crippen MR) is 227 cm³/mol. The first kappa shape index (κ1) is 30.7. The summed E-state index contributed by atoms with van der Waals surface area (Å²) in [6.07, 6.45) is 0. The van der Waals surface area contributed by atoms with Crippen LogP contribution in [-0.4, -0.2) is 13.7 Å². The van der Waals surface area contributed by atoms with Crippen LogP contribution in [0.25, 0.3) is 103 Å². The lowest BCUT2D eigenvalue weighted by Crippen LogP contribution is -2.01. The van der Waals surface area contributed by atoms with Crippen LogP contribution >= 0.6 is 0 Å². The van der Waals surface area contributed by atoms with E-state index < -0.39 is 0 Å². The maximum absolute atomic E-state index is 7.89. The summed E-state index contributed by atoms with van der Waals surface area (Å²) in [6.45, 7) is 15.6. The molecule has 0 spiro atoms. The zero-order chi connectivity index (χ0) is 36.6. The molecule has 0 N–H and O–H groups in total. The Morgan fingerprint density at radius 2 is 0.818 bits per heavy atom. The van der Waals surface area contributed by atoms with Crippen LogP contribution in [0.5, 0.6) is 0 Å². The lowest BCUT2D eigenvalue weighted by atomic mass is 10.0. The summed E-state index contributed by atoms with van der Waals surface area (Å²) < 4.78 is 7.05. The second-order valence-electron chi connectivity index (χ2n) is 13.9. The minimum Gasteiger partial charge on any atom is -0.309 e. The minimum atomic E-state index is 0.602. The van der Waals surface area contributed by atoms with Gasteiger partial charge < -0.3 is 13.7 Å².